The first kappa shape index (κ1) is 31.1. The van der Waals surface area contributed by atoms with Crippen LogP contribution in [0.25, 0.3) is 104 Å². The Hall–Kier alpha value is -7.43. The maximum Gasteiger partial charge on any atom is 0.114 e. The lowest BCUT2D eigenvalue weighted by molar-refractivity contribution is 0.771. The summed E-state index contributed by atoms with van der Waals surface area (Å²) in [7, 11) is 0. The van der Waals surface area contributed by atoms with Crippen molar-refractivity contribution < 1.29 is 0 Å². The minimum absolute atomic E-state index is 0.843. The predicted molar refractivity (Wildman–Crippen MR) is 228 cm³/mol. The Labute approximate surface area is 317 Å². The summed E-state index contributed by atoms with van der Waals surface area (Å²) in [6.07, 6.45) is 3.89. The highest BCUT2D eigenvalue weighted by molar-refractivity contribution is 6.22. The van der Waals surface area contributed by atoms with Crippen molar-refractivity contribution in [1.29, 1.82) is 0 Å². The summed E-state index contributed by atoms with van der Waals surface area (Å²) >= 11 is 0. The third kappa shape index (κ3) is 5.11. The fraction of sp³-hybridized carbons (Fsp3) is 0. The lowest BCUT2D eigenvalue weighted by Crippen LogP contribution is -2.00. The third-order valence-corrected chi connectivity index (χ3v) is 10.9. The second kappa shape index (κ2) is 12.6. The third-order valence-electron chi connectivity index (χ3n) is 10.9. The highest BCUT2D eigenvalue weighted by atomic mass is 15.5. The predicted octanol–water partition coefficient (Wildman–Crippen LogP) is 13.1. The van der Waals surface area contributed by atoms with Crippen molar-refractivity contribution >= 4 is 54.1 Å². The minimum Gasteiger partial charge on any atom is -0.263 e. The smallest absolute Gasteiger partial charge is 0.114 e. The molecule has 0 aliphatic heterocycles. The Balaban J connectivity index is 1.06. The Bertz CT molecular complexity index is 3250. The van der Waals surface area contributed by atoms with Gasteiger partial charge in [-0.2, -0.15) is 0 Å². The molecule has 11 rings (SSSR count). The van der Waals surface area contributed by atoms with Crippen LogP contribution in [-0.4, -0.2) is 20.0 Å². The van der Waals surface area contributed by atoms with E-state index in [-0.39, 0.29) is 0 Å². The van der Waals surface area contributed by atoms with Crippen LogP contribution in [0.4, 0.5) is 0 Å². The Morgan fingerprint density at radius 1 is 0.327 bits per heavy atom. The number of pyridine rings is 1. The van der Waals surface area contributed by atoms with E-state index in [0.29, 0.717) is 0 Å². The molecule has 0 saturated heterocycles. The fourth-order valence-corrected chi connectivity index (χ4v) is 8.42. The first-order valence-corrected chi connectivity index (χ1v) is 18.6. The van der Waals surface area contributed by atoms with Crippen LogP contribution >= 0.6 is 0 Å². The van der Waals surface area contributed by atoms with E-state index in [1.54, 1.807) is 4.80 Å². The van der Waals surface area contributed by atoms with Crippen molar-refractivity contribution in [3.05, 3.63) is 194 Å². The van der Waals surface area contributed by atoms with E-state index in [0.717, 1.165) is 55.1 Å². The molecule has 55 heavy (non-hydrogen) atoms. The Morgan fingerprint density at radius 3 is 1.64 bits per heavy atom. The number of benzene rings is 9. The molecule has 0 aliphatic carbocycles. The number of aromatic nitrogens is 4. The van der Waals surface area contributed by atoms with Crippen LogP contribution in [-0.2, 0) is 0 Å². The molecular formula is C51H32N4. The molecule has 9 aromatic carbocycles. The molecule has 0 atom stereocenters. The summed E-state index contributed by atoms with van der Waals surface area (Å²) in [6.45, 7) is 0. The van der Waals surface area contributed by atoms with E-state index in [9.17, 15) is 0 Å². The zero-order chi connectivity index (χ0) is 36.3. The average molecular weight is 701 g/mol. The number of hydrogen-bond acceptors (Lipinski definition) is 3. The second-order valence-electron chi connectivity index (χ2n) is 14.1. The van der Waals surface area contributed by atoms with Gasteiger partial charge in [0.15, 0.2) is 0 Å². The van der Waals surface area contributed by atoms with Crippen LogP contribution < -0.4 is 0 Å². The van der Waals surface area contributed by atoms with E-state index in [1.165, 1.54) is 49.2 Å². The van der Waals surface area contributed by atoms with E-state index in [4.69, 9.17) is 10.2 Å². The highest BCUT2D eigenvalue weighted by Crippen LogP contribution is 2.45. The van der Waals surface area contributed by atoms with Crippen LogP contribution in [0.15, 0.2) is 194 Å². The van der Waals surface area contributed by atoms with Gasteiger partial charge < -0.3 is 0 Å². The van der Waals surface area contributed by atoms with Crippen molar-refractivity contribution in [1.82, 2.24) is 20.0 Å². The molecule has 2 heterocycles. The second-order valence-corrected chi connectivity index (χ2v) is 14.1. The molecule has 0 bridgehead atoms. The first-order valence-electron chi connectivity index (χ1n) is 18.6. The van der Waals surface area contributed by atoms with Crippen LogP contribution in [0, 0.1) is 0 Å². The minimum atomic E-state index is 0.843. The molecule has 0 unspecified atom stereocenters. The molecule has 0 saturated carbocycles. The van der Waals surface area contributed by atoms with Gasteiger partial charge in [0, 0.05) is 28.7 Å². The van der Waals surface area contributed by atoms with Gasteiger partial charge >= 0.3 is 0 Å². The van der Waals surface area contributed by atoms with E-state index in [2.05, 4.69) is 187 Å². The molecule has 256 valence electrons. The number of rotatable bonds is 5. The number of fused-ring (bicyclic) bond motifs is 5. The van der Waals surface area contributed by atoms with E-state index < -0.39 is 0 Å². The topological polar surface area (TPSA) is 43.6 Å². The van der Waals surface area contributed by atoms with Gasteiger partial charge in [-0.3, -0.25) is 4.98 Å². The van der Waals surface area contributed by atoms with Gasteiger partial charge in [0.05, 0.1) is 5.69 Å². The maximum atomic E-state index is 5.09. The molecule has 4 heteroatoms. The van der Waals surface area contributed by atoms with Crippen molar-refractivity contribution in [2.24, 2.45) is 0 Å². The highest BCUT2D eigenvalue weighted by Gasteiger charge is 2.18. The van der Waals surface area contributed by atoms with Crippen LogP contribution in [0.1, 0.15) is 0 Å². The maximum absolute atomic E-state index is 5.09. The van der Waals surface area contributed by atoms with E-state index >= 15 is 0 Å². The molecule has 0 amide bonds. The largest absolute Gasteiger partial charge is 0.263 e. The lowest BCUT2D eigenvalue weighted by atomic mass is 9.85. The fourth-order valence-electron chi connectivity index (χ4n) is 8.42. The first-order chi connectivity index (χ1) is 27.3. The molecule has 0 spiro atoms. The Kier molecular flexibility index (Phi) is 7.14. The molecule has 0 radical (unpaired) electrons. The zero-order valence-electron chi connectivity index (χ0n) is 29.8. The molecule has 4 nitrogen and oxygen atoms in total. The van der Waals surface area contributed by atoms with Crippen LogP contribution in [0.2, 0.25) is 0 Å². The van der Waals surface area contributed by atoms with Gasteiger partial charge in [-0.05, 0) is 95.5 Å². The van der Waals surface area contributed by atoms with Crippen LogP contribution in [0.3, 0.4) is 0 Å². The lowest BCUT2D eigenvalue weighted by Gasteiger charge is -2.18. The quantitative estimate of drug-likeness (QED) is 0.168. The van der Waals surface area contributed by atoms with Gasteiger partial charge in [-0.1, -0.05) is 158 Å². The summed E-state index contributed by atoms with van der Waals surface area (Å²) in [5, 5.41) is 19.5. The standard InChI is InChI=1S/C51H32N4/c1-3-13-33(14-4-1)50-42-21-11-12-22-43(42)51(34-15-5-2-6-16-34)45-29-35(23-25-44(45)50)36-24-27-47-48(30-36)54-55(53-47)49-28-26-40(39-19-9-10-20-41(39)49)46-32-52-31-37-17-7-8-18-38(37)46/h1-32H. The van der Waals surface area contributed by atoms with Gasteiger partial charge in [0.25, 0.3) is 0 Å². The van der Waals surface area contributed by atoms with Gasteiger partial charge in [0.2, 0.25) is 0 Å². The van der Waals surface area contributed by atoms with Crippen molar-refractivity contribution in [2.75, 3.05) is 0 Å². The molecule has 11 aromatic rings. The molecular weight excluding hydrogens is 669 g/mol. The normalized spacial score (nSPS) is 11.6. The molecule has 0 N–H and O–H groups in total. The van der Waals surface area contributed by atoms with Crippen molar-refractivity contribution in [3.63, 3.8) is 0 Å². The van der Waals surface area contributed by atoms with Gasteiger partial charge in [-0.15, -0.1) is 15.0 Å². The average Bonchev–Trinajstić information content (AvgIpc) is 3.69. The molecule has 2 aromatic heterocycles. The van der Waals surface area contributed by atoms with Crippen molar-refractivity contribution in [2.45, 2.75) is 0 Å². The molecule has 0 aliphatic rings. The molecule has 0 fully saturated rings. The number of nitrogens with zero attached hydrogens (tertiary/aromatic N) is 4. The monoisotopic (exact) mass is 700 g/mol. The van der Waals surface area contributed by atoms with Crippen molar-refractivity contribution in [3.8, 4) is 50.2 Å². The summed E-state index contributed by atoms with van der Waals surface area (Å²) in [5.41, 5.74) is 12.0. The van der Waals surface area contributed by atoms with Gasteiger partial charge in [0.1, 0.15) is 11.0 Å². The van der Waals surface area contributed by atoms with Gasteiger partial charge in [-0.25, -0.2) is 0 Å². The summed E-state index contributed by atoms with van der Waals surface area (Å²) in [5.74, 6) is 0. The summed E-state index contributed by atoms with van der Waals surface area (Å²) < 4.78 is 0. The van der Waals surface area contributed by atoms with E-state index in [1.807, 2.05) is 12.4 Å². The van der Waals surface area contributed by atoms with Crippen LogP contribution in [0.5, 0.6) is 0 Å². The summed E-state index contributed by atoms with van der Waals surface area (Å²) in [4.78, 5) is 6.36. The zero-order valence-corrected chi connectivity index (χ0v) is 29.8. The summed E-state index contributed by atoms with van der Waals surface area (Å²) in [6, 6.07) is 64.9. The SMILES string of the molecule is c1ccc(-c2c3ccccc3c(-c3ccccc3)c3cc(-c4ccc5nn(-c6ccc(-c7cncc8ccccc78)c7ccccc67)nc5c4)ccc23)cc1. The Morgan fingerprint density at radius 2 is 0.891 bits per heavy atom. The number of hydrogen-bond donors (Lipinski definition) is 0.